The van der Waals surface area contributed by atoms with E-state index in [1.165, 1.54) is 12.0 Å². The number of esters is 1. The number of hydrogen-bond acceptors (Lipinski definition) is 4. The van der Waals surface area contributed by atoms with Gasteiger partial charge in [0.2, 0.25) is 0 Å². The van der Waals surface area contributed by atoms with Crippen LogP contribution in [-0.4, -0.2) is 18.1 Å². The first-order chi connectivity index (χ1) is 8.74. The number of methoxy groups -OCH3 is 1. The quantitative estimate of drug-likeness (QED) is 0.794. The predicted molar refractivity (Wildman–Crippen MR) is 72.6 cm³/mol. The summed E-state index contributed by atoms with van der Waals surface area (Å²) in [7, 11) is 1.41. The van der Waals surface area contributed by atoms with Gasteiger partial charge < -0.3 is 4.74 Å². The molecule has 0 amide bonds. The number of rotatable bonds is 4. The Kier molecular flexibility index (Phi) is 4.10. The van der Waals surface area contributed by atoms with Crippen LogP contribution in [0, 0.1) is 0 Å². The van der Waals surface area contributed by atoms with Crippen LogP contribution in [-0.2, 0) is 22.4 Å². The molecule has 2 aromatic rings. The second-order valence-electron chi connectivity index (χ2n) is 3.90. The number of carbonyl (C=O) groups is 1. The molecule has 94 valence electrons. The molecule has 0 aliphatic heterocycles. The normalized spacial score (nSPS) is 10.3. The average molecular weight is 261 g/mol. The number of ether oxygens (including phenoxy) is 1. The first-order valence-electron chi connectivity index (χ1n) is 5.84. The molecule has 1 aromatic heterocycles. The molecule has 3 nitrogen and oxygen atoms in total. The summed E-state index contributed by atoms with van der Waals surface area (Å²) in [6, 6.07) is 7.83. The third-order valence-corrected chi connectivity index (χ3v) is 3.89. The number of aryl methyl sites for hydroxylation is 1. The van der Waals surface area contributed by atoms with E-state index in [2.05, 4.69) is 11.9 Å². The zero-order valence-corrected chi connectivity index (χ0v) is 11.3. The highest BCUT2D eigenvalue weighted by Gasteiger charge is 2.11. The van der Waals surface area contributed by atoms with Gasteiger partial charge in [-0.15, -0.1) is 11.3 Å². The summed E-state index contributed by atoms with van der Waals surface area (Å²) >= 11 is 1.67. The van der Waals surface area contributed by atoms with E-state index in [-0.39, 0.29) is 12.4 Å². The molecular formula is C14H15NO2S. The molecule has 0 aliphatic rings. The van der Waals surface area contributed by atoms with E-state index < -0.39 is 0 Å². The first kappa shape index (κ1) is 12.8. The van der Waals surface area contributed by atoms with Crippen molar-refractivity contribution in [2.24, 2.45) is 0 Å². The van der Waals surface area contributed by atoms with Gasteiger partial charge in [-0.2, -0.15) is 0 Å². The van der Waals surface area contributed by atoms with Crippen molar-refractivity contribution in [3.05, 3.63) is 40.9 Å². The van der Waals surface area contributed by atoms with Gasteiger partial charge in [0.15, 0.2) is 0 Å². The fraction of sp³-hybridized carbons (Fsp3) is 0.286. The molecule has 2 rings (SSSR count). The van der Waals surface area contributed by atoms with Crippen molar-refractivity contribution < 1.29 is 9.53 Å². The molecule has 0 atom stereocenters. The maximum atomic E-state index is 11.4. The second kappa shape index (κ2) is 5.78. The van der Waals surface area contributed by atoms with Crippen LogP contribution >= 0.6 is 11.3 Å². The van der Waals surface area contributed by atoms with Crippen molar-refractivity contribution in [1.82, 2.24) is 4.98 Å². The molecule has 0 saturated carbocycles. The van der Waals surface area contributed by atoms with Crippen LogP contribution in [0.4, 0.5) is 0 Å². The van der Waals surface area contributed by atoms with E-state index >= 15 is 0 Å². The highest BCUT2D eigenvalue weighted by molar-refractivity contribution is 7.15. The van der Waals surface area contributed by atoms with Crippen LogP contribution in [0.15, 0.2) is 30.5 Å². The largest absolute Gasteiger partial charge is 0.469 e. The lowest BCUT2D eigenvalue weighted by Gasteiger charge is -2.05. The fourth-order valence-electron chi connectivity index (χ4n) is 1.71. The predicted octanol–water partition coefficient (Wildman–Crippen LogP) is 3.09. The van der Waals surface area contributed by atoms with Gasteiger partial charge in [-0.25, -0.2) is 4.98 Å². The van der Waals surface area contributed by atoms with Gasteiger partial charge >= 0.3 is 5.97 Å². The molecule has 0 N–H and O–H groups in total. The molecule has 1 heterocycles. The number of hydrogen-bond donors (Lipinski definition) is 0. The van der Waals surface area contributed by atoms with Crippen molar-refractivity contribution in [1.29, 1.82) is 0 Å². The minimum absolute atomic E-state index is 0.227. The van der Waals surface area contributed by atoms with Crippen LogP contribution in [0.1, 0.15) is 17.4 Å². The molecular weight excluding hydrogens is 246 g/mol. The van der Waals surface area contributed by atoms with Crippen molar-refractivity contribution in [2.75, 3.05) is 7.11 Å². The van der Waals surface area contributed by atoms with Crippen molar-refractivity contribution >= 4 is 17.3 Å². The van der Waals surface area contributed by atoms with Crippen LogP contribution < -0.4 is 0 Å². The van der Waals surface area contributed by atoms with Crippen LogP contribution in [0.2, 0.25) is 0 Å². The van der Waals surface area contributed by atoms with Gasteiger partial charge in [0.1, 0.15) is 5.01 Å². The van der Waals surface area contributed by atoms with Gasteiger partial charge in [-0.05, 0) is 12.0 Å². The Morgan fingerprint density at radius 1 is 1.39 bits per heavy atom. The van der Waals surface area contributed by atoms with Crippen LogP contribution in [0.25, 0.3) is 10.6 Å². The van der Waals surface area contributed by atoms with Gasteiger partial charge in [-0.3, -0.25) is 4.79 Å². The number of thiazole rings is 1. The number of benzene rings is 1. The zero-order valence-electron chi connectivity index (χ0n) is 10.5. The van der Waals surface area contributed by atoms with Crippen molar-refractivity contribution in [3.8, 4) is 10.6 Å². The first-order valence-corrected chi connectivity index (χ1v) is 6.66. The van der Waals surface area contributed by atoms with E-state index in [1.54, 1.807) is 11.3 Å². The van der Waals surface area contributed by atoms with E-state index in [0.717, 1.165) is 22.6 Å². The summed E-state index contributed by atoms with van der Waals surface area (Å²) in [5.41, 5.74) is 1.98. The van der Waals surface area contributed by atoms with Gasteiger partial charge in [0, 0.05) is 16.6 Å². The van der Waals surface area contributed by atoms with Crippen LogP contribution in [0.5, 0.6) is 0 Å². The third-order valence-electron chi connectivity index (χ3n) is 2.71. The van der Waals surface area contributed by atoms with Gasteiger partial charge in [0.25, 0.3) is 0 Å². The molecule has 0 saturated heterocycles. The highest BCUT2D eigenvalue weighted by Crippen LogP contribution is 2.28. The van der Waals surface area contributed by atoms with Crippen molar-refractivity contribution in [3.63, 3.8) is 0 Å². The summed E-state index contributed by atoms with van der Waals surface area (Å²) in [6.07, 6.45) is 3.17. The van der Waals surface area contributed by atoms with Crippen molar-refractivity contribution in [2.45, 2.75) is 19.8 Å². The van der Waals surface area contributed by atoms with Gasteiger partial charge in [-0.1, -0.05) is 31.2 Å². The Hall–Kier alpha value is -1.68. The molecule has 0 spiro atoms. The summed E-state index contributed by atoms with van der Waals surface area (Å²) in [5.74, 6) is -0.227. The molecule has 1 aromatic carbocycles. The Bertz CT molecular complexity index is 548. The Labute approximate surface area is 110 Å². The standard InChI is InChI=1S/C14H15NO2S/c1-3-11-9-15-14(18-11)12-7-5-4-6-10(12)8-13(16)17-2/h4-7,9H,3,8H2,1-2H3. The summed E-state index contributed by atoms with van der Waals surface area (Å²) < 4.78 is 4.72. The summed E-state index contributed by atoms with van der Waals surface area (Å²) in [6.45, 7) is 2.11. The highest BCUT2D eigenvalue weighted by atomic mass is 32.1. The van der Waals surface area contributed by atoms with Gasteiger partial charge in [0.05, 0.1) is 13.5 Å². The lowest BCUT2D eigenvalue weighted by molar-refractivity contribution is -0.139. The molecule has 0 bridgehead atoms. The number of nitrogens with zero attached hydrogens (tertiary/aromatic N) is 1. The monoisotopic (exact) mass is 261 g/mol. The Morgan fingerprint density at radius 3 is 2.83 bits per heavy atom. The fourth-order valence-corrected chi connectivity index (χ4v) is 2.62. The minimum atomic E-state index is -0.227. The topological polar surface area (TPSA) is 39.2 Å². The lowest BCUT2D eigenvalue weighted by Crippen LogP contribution is -2.05. The molecule has 0 radical (unpaired) electrons. The molecule has 0 unspecified atom stereocenters. The lowest BCUT2D eigenvalue weighted by atomic mass is 10.1. The minimum Gasteiger partial charge on any atom is -0.469 e. The number of carbonyl (C=O) groups excluding carboxylic acids is 1. The zero-order chi connectivity index (χ0) is 13.0. The van der Waals surface area contributed by atoms with E-state index in [1.807, 2.05) is 30.5 Å². The Morgan fingerprint density at radius 2 is 2.17 bits per heavy atom. The van der Waals surface area contributed by atoms with Crippen LogP contribution in [0.3, 0.4) is 0 Å². The number of aromatic nitrogens is 1. The molecule has 18 heavy (non-hydrogen) atoms. The summed E-state index contributed by atoms with van der Waals surface area (Å²) in [5, 5.41) is 0.964. The average Bonchev–Trinajstić information content (AvgIpc) is 2.88. The molecule has 0 aliphatic carbocycles. The second-order valence-corrected chi connectivity index (χ2v) is 5.01. The molecule has 0 fully saturated rings. The van der Waals surface area contributed by atoms with E-state index in [9.17, 15) is 4.79 Å². The Balaban J connectivity index is 2.34. The smallest absolute Gasteiger partial charge is 0.310 e. The summed E-state index contributed by atoms with van der Waals surface area (Å²) in [4.78, 5) is 17.1. The maximum Gasteiger partial charge on any atom is 0.310 e. The van der Waals surface area contributed by atoms with E-state index in [0.29, 0.717) is 0 Å². The third kappa shape index (κ3) is 2.76. The SMILES string of the molecule is CCc1cnc(-c2ccccc2CC(=O)OC)s1. The van der Waals surface area contributed by atoms with E-state index in [4.69, 9.17) is 4.74 Å². The maximum absolute atomic E-state index is 11.4. The molecule has 4 heteroatoms.